The molecule has 0 aromatic heterocycles. The minimum atomic E-state index is 0.366. The first kappa shape index (κ1) is 9.96. The van der Waals surface area contributed by atoms with Crippen LogP contribution in [0.5, 0.6) is 0 Å². The molecule has 0 N–H and O–H groups in total. The molecule has 3 heteroatoms. The summed E-state index contributed by atoms with van der Waals surface area (Å²) in [5, 5.41) is 0. The molecule has 1 aliphatic rings. The van der Waals surface area contributed by atoms with Crippen molar-refractivity contribution in [3.8, 4) is 0 Å². The maximum absolute atomic E-state index is 5.61. The normalized spacial score (nSPS) is 32.2. The van der Waals surface area contributed by atoms with Crippen molar-refractivity contribution in [1.29, 1.82) is 0 Å². The fourth-order valence-corrected chi connectivity index (χ4v) is 1.69. The molecule has 1 saturated heterocycles. The van der Waals surface area contributed by atoms with Gasteiger partial charge in [0, 0.05) is 26.7 Å². The van der Waals surface area contributed by atoms with Crippen LogP contribution in [0.1, 0.15) is 13.8 Å². The molecule has 0 bridgehead atoms. The Balaban J connectivity index is 2.24. The van der Waals surface area contributed by atoms with Gasteiger partial charge in [-0.2, -0.15) is 0 Å². The molecule has 0 saturated carbocycles. The summed E-state index contributed by atoms with van der Waals surface area (Å²) in [6.07, 6.45) is 0.733. The quantitative estimate of drug-likeness (QED) is 0.628. The van der Waals surface area contributed by atoms with Crippen LogP contribution in [0.3, 0.4) is 0 Å². The molecule has 3 nitrogen and oxygen atoms in total. The van der Waals surface area contributed by atoms with Crippen LogP contribution in [0.4, 0.5) is 0 Å². The van der Waals surface area contributed by atoms with Crippen molar-refractivity contribution in [3.63, 3.8) is 0 Å². The molecule has 0 amide bonds. The average Bonchev–Trinajstić information content (AvgIpc) is 1.99. The minimum Gasteiger partial charge on any atom is -0.383 e. The Morgan fingerprint density at radius 3 is 2.42 bits per heavy atom. The van der Waals surface area contributed by atoms with E-state index >= 15 is 0 Å². The number of hydrogen-bond donors (Lipinski definition) is 0. The van der Waals surface area contributed by atoms with Crippen molar-refractivity contribution in [2.24, 2.45) is 0 Å². The van der Waals surface area contributed by atoms with Crippen LogP contribution in [0, 0.1) is 0 Å². The van der Waals surface area contributed by atoms with Crippen molar-refractivity contribution in [1.82, 2.24) is 4.90 Å². The molecule has 1 rings (SSSR count). The van der Waals surface area contributed by atoms with Crippen molar-refractivity contribution in [2.45, 2.75) is 26.1 Å². The van der Waals surface area contributed by atoms with Gasteiger partial charge in [-0.1, -0.05) is 0 Å². The first-order chi connectivity index (χ1) is 5.72. The highest BCUT2D eigenvalue weighted by Crippen LogP contribution is 2.09. The lowest BCUT2D eigenvalue weighted by molar-refractivity contribution is -0.0717. The van der Waals surface area contributed by atoms with Gasteiger partial charge in [0.15, 0.2) is 0 Å². The Hall–Kier alpha value is -0.120. The van der Waals surface area contributed by atoms with Crippen LogP contribution < -0.4 is 0 Å². The fraction of sp³-hybridized carbons (Fsp3) is 1.00. The van der Waals surface area contributed by atoms with E-state index in [9.17, 15) is 0 Å². The standard InChI is InChI=1S/C9H19NO2/c1-8-6-10(4-5-11-3)7-9(2)12-8/h8-9H,4-7H2,1-3H3. The first-order valence-corrected chi connectivity index (χ1v) is 4.59. The number of hydrogen-bond acceptors (Lipinski definition) is 3. The van der Waals surface area contributed by atoms with E-state index in [0.29, 0.717) is 12.2 Å². The monoisotopic (exact) mass is 173 g/mol. The topological polar surface area (TPSA) is 21.7 Å². The summed E-state index contributed by atoms with van der Waals surface area (Å²) in [4.78, 5) is 2.39. The Morgan fingerprint density at radius 2 is 1.92 bits per heavy atom. The van der Waals surface area contributed by atoms with E-state index in [4.69, 9.17) is 9.47 Å². The van der Waals surface area contributed by atoms with E-state index in [1.54, 1.807) is 7.11 Å². The molecule has 0 spiro atoms. The summed E-state index contributed by atoms with van der Waals surface area (Å²) < 4.78 is 10.6. The second-order valence-electron chi connectivity index (χ2n) is 3.51. The zero-order valence-electron chi connectivity index (χ0n) is 8.25. The zero-order valence-corrected chi connectivity index (χ0v) is 8.25. The van der Waals surface area contributed by atoms with Gasteiger partial charge in [0.1, 0.15) is 0 Å². The summed E-state index contributed by atoms with van der Waals surface area (Å²) in [6, 6.07) is 0. The van der Waals surface area contributed by atoms with Gasteiger partial charge >= 0.3 is 0 Å². The number of methoxy groups -OCH3 is 1. The van der Waals surface area contributed by atoms with Crippen LogP contribution >= 0.6 is 0 Å². The summed E-state index contributed by atoms with van der Waals surface area (Å²) >= 11 is 0. The summed E-state index contributed by atoms with van der Waals surface area (Å²) in [6.45, 7) is 8.15. The zero-order chi connectivity index (χ0) is 8.97. The lowest BCUT2D eigenvalue weighted by atomic mass is 10.2. The second kappa shape index (κ2) is 4.80. The molecule has 2 unspecified atom stereocenters. The molecule has 72 valence electrons. The molecular formula is C9H19NO2. The summed E-state index contributed by atoms with van der Waals surface area (Å²) in [5.41, 5.74) is 0. The van der Waals surface area contributed by atoms with Gasteiger partial charge in [-0.05, 0) is 13.8 Å². The van der Waals surface area contributed by atoms with Gasteiger partial charge in [-0.25, -0.2) is 0 Å². The molecule has 0 aliphatic carbocycles. The van der Waals surface area contributed by atoms with Crippen LogP contribution in [0.25, 0.3) is 0 Å². The molecule has 12 heavy (non-hydrogen) atoms. The van der Waals surface area contributed by atoms with Crippen LogP contribution in [-0.4, -0.2) is 50.5 Å². The number of ether oxygens (including phenoxy) is 2. The van der Waals surface area contributed by atoms with Crippen molar-refractivity contribution in [3.05, 3.63) is 0 Å². The van der Waals surface area contributed by atoms with Gasteiger partial charge in [0.05, 0.1) is 18.8 Å². The summed E-state index contributed by atoms with van der Waals surface area (Å²) in [5.74, 6) is 0. The van der Waals surface area contributed by atoms with Gasteiger partial charge < -0.3 is 9.47 Å². The van der Waals surface area contributed by atoms with E-state index in [-0.39, 0.29) is 0 Å². The van der Waals surface area contributed by atoms with E-state index in [1.807, 2.05) is 0 Å². The van der Waals surface area contributed by atoms with Crippen molar-refractivity contribution in [2.75, 3.05) is 33.4 Å². The highest BCUT2D eigenvalue weighted by molar-refractivity contribution is 4.72. The Labute approximate surface area is 74.6 Å². The lowest BCUT2D eigenvalue weighted by Crippen LogP contribution is -2.46. The van der Waals surface area contributed by atoms with Gasteiger partial charge in [0.25, 0.3) is 0 Å². The number of nitrogens with zero attached hydrogens (tertiary/aromatic N) is 1. The lowest BCUT2D eigenvalue weighted by Gasteiger charge is -2.35. The maximum Gasteiger partial charge on any atom is 0.0678 e. The van der Waals surface area contributed by atoms with Gasteiger partial charge in [0.2, 0.25) is 0 Å². The first-order valence-electron chi connectivity index (χ1n) is 4.59. The van der Waals surface area contributed by atoms with E-state index < -0.39 is 0 Å². The third-order valence-corrected chi connectivity index (χ3v) is 2.11. The Kier molecular flexibility index (Phi) is 3.98. The Morgan fingerprint density at radius 1 is 1.33 bits per heavy atom. The maximum atomic E-state index is 5.61. The predicted molar refractivity (Wildman–Crippen MR) is 48.3 cm³/mol. The predicted octanol–water partition coefficient (Wildman–Crippen LogP) is 0.742. The second-order valence-corrected chi connectivity index (χ2v) is 3.51. The van der Waals surface area contributed by atoms with Crippen molar-refractivity contribution >= 4 is 0 Å². The fourth-order valence-electron chi connectivity index (χ4n) is 1.69. The third-order valence-electron chi connectivity index (χ3n) is 2.11. The van der Waals surface area contributed by atoms with E-state index in [0.717, 1.165) is 26.2 Å². The van der Waals surface area contributed by atoms with Gasteiger partial charge in [-0.3, -0.25) is 4.90 Å². The van der Waals surface area contributed by atoms with Crippen molar-refractivity contribution < 1.29 is 9.47 Å². The SMILES string of the molecule is COCCN1CC(C)OC(C)C1. The molecule has 1 aliphatic heterocycles. The summed E-state index contributed by atoms with van der Waals surface area (Å²) in [7, 11) is 1.74. The van der Waals surface area contributed by atoms with Crippen LogP contribution in [0.2, 0.25) is 0 Å². The number of morpholine rings is 1. The molecule has 0 aromatic carbocycles. The molecule has 1 fully saturated rings. The molecule has 2 atom stereocenters. The molecule has 1 heterocycles. The molecule has 0 aromatic rings. The van der Waals surface area contributed by atoms with E-state index in [1.165, 1.54) is 0 Å². The van der Waals surface area contributed by atoms with Gasteiger partial charge in [-0.15, -0.1) is 0 Å². The van der Waals surface area contributed by atoms with Crippen LogP contribution in [0.15, 0.2) is 0 Å². The highest BCUT2D eigenvalue weighted by atomic mass is 16.5. The highest BCUT2D eigenvalue weighted by Gasteiger charge is 2.21. The third kappa shape index (κ3) is 3.09. The minimum absolute atomic E-state index is 0.366. The Bertz CT molecular complexity index is 120. The van der Waals surface area contributed by atoms with E-state index in [2.05, 4.69) is 18.7 Å². The average molecular weight is 173 g/mol. The van der Waals surface area contributed by atoms with Crippen LogP contribution in [-0.2, 0) is 9.47 Å². The smallest absolute Gasteiger partial charge is 0.0678 e. The molecular weight excluding hydrogens is 154 g/mol. The largest absolute Gasteiger partial charge is 0.383 e. The number of rotatable bonds is 3. The molecule has 0 radical (unpaired) electrons.